The Morgan fingerprint density at radius 1 is 1.07 bits per heavy atom. The Balaban J connectivity index is 1.53. The Hall–Kier alpha value is -3.31. The third-order valence-electron chi connectivity index (χ3n) is 3.72. The molecule has 136 valence electrons. The molecule has 0 unspecified atom stereocenters. The number of carbonyl (C=O) groups is 1. The van der Waals surface area contributed by atoms with Gasteiger partial charge in [0.05, 0.1) is 11.2 Å². The van der Waals surface area contributed by atoms with Gasteiger partial charge < -0.3 is 9.84 Å². The molecule has 0 aromatic heterocycles. The highest BCUT2D eigenvalue weighted by molar-refractivity contribution is 6.32. The summed E-state index contributed by atoms with van der Waals surface area (Å²) in [7, 11) is 0. The van der Waals surface area contributed by atoms with Crippen LogP contribution in [0.5, 0.6) is 11.5 Å². The summed E-state index contributed by atoms with van der Waals surface area (Å²) >= 11 is 5.79. The van der Waals surface area contributed by atoms with Crippen LogP contribution < -0.4 is 10.2 Å². The Kier molecular flexibility index (Phi) is 6.07. The first-order chi connectivity index (χ1) is 13.1. The van der Waals surface area contributed by atoms with Gasteiger partial charge in [-0.3, -0.25) is 4.79 Å². The van der Waals surface area contributed by atoms with E-state index in [4.69, 9.17) is 16.3 Å². The van der Waals surface area contributed by atoms with Crippen LogP contribution >= 0.6 is 11.6 Å². The number of halogens is 1. The summed E-state index contributed by atoms with van der Waals surface area (Å²) in [6.07, 6.45) is 1.54. The van der Waals surface area contributed by atoms with E-state index in [0.29, 0.717) is 12.2 Å². The van der Waals surface area contributed by atoms with Crippen LogP contribution in [0.15, 0.2) is 77.9 Å². The lowest BCUT2D eigenvalue weighted by Crippen LogP contribution is -2.17. The number of hydrogen-bond donors (Lipinski definition) is 2. The number of benzene rings is 3. The van der Waals surface area contributed by atoms with Crippen LogP contribution in [-0.2, 0) is 6.61 Å². The van der Waals surface area contributed by atoms with Crippen molar-refractivity contribution in [2.45, 2.75) is 6.61 Å². The molecule has 0 aliphatic carbocycles. The Labute approximate surface area is 161 Å². The fourth-order valence-electron chi connectivity index (χ4n) is 2.26. The van der Waals surface area contributed by atoms with Crippen molar-refractivity contribution in [1.29, 1.82) is 0 Å². The first-order valence-electron chi connectivity index (χ1n) is 8.20. The van der Waals surface area contributed by atoms with Crippen LogP contribution in [0.4, 0.5) is 0 Å². The van der Waals surface area contributed by atoms with Gasteiger partial charge in [0.1, 0.15) is 18.1 Å². The van der Waals surface area contributed by atoms with Gasteiger partial charge in [0, 0.05) is 5.56 Å². The third kappa shape index (κ3) is 5.33. The van der Waals surface area contributed by atoms with Crippen molar-refractivity contribution in [1.82, 2.24) is 5.43 Å². The molecule has 27 heavy (non-hydrogen) atoms. The highest BCUT2D eigenvalue weighted by atomic mass is 35.5. The normalized spacial score (nSPS) is 10.7. The predicted octanol–water partition coefficient (Wildman–Crippen LogP) is 4.39. The Morgan fingerprint density at radius 2 is 1.81 bits per heavy atom. The van der Waals surface area contributed by atoms with Crippen LogP contribution in [0, 0.1) is 0 Å². The minimum atomic E-state index is -0.416. The summed E-state index contributed by atoms with van der Waals surface area (Å²) in [6.45, 7) is 0.472. The van der Waals surface area contributed by atoms with Gasteiger partial charge in [-0.25, -0.2) is 5.43 Å². The van der Waals surface area contributed by atoms with Crippen molar-refractivity contribution in [2.24, 2.45) is 5.10 Å². The van der Waals surface area contributed by atoms with Crippen LogP contribution in [0.2, 0.25) is 5.02 Å². The van der Waals surface area contributed by atoms with E-state index < -0.39 is 5.91 Å². The van der Waals surface area contributed by atoms with Gasteiger partial charge in [-0.2, -0.15) is 5.10 Å². The highest BCUT2D eigenvalue weighted by Gasteiger charge is 2.07. The molecule has 2 N–H and O–H groups in total. The van der Waals surface area contributed by atoms with Crippen molar-refractivity contribution < 1.29 is 14.6 Å². The first-order valence-corrected chi connectivity index (χ1v) is 8.58. The van der Waals surface area contributed by atoms with E-state index >= 15 is 0 Å². The zero-order valence-corrected chi connectivity index (χ0v) is 15.1. The van der Waals surface area contributed by atoms with Crippen molar-refractivity contribution >= 4 is 23.7 Å². The molecule has 1 amide bonds. The topological polar surface area (TPSA) is 70.9 Å². The molecule has 0 atom stereocenters. The van der Waals surface area contributed by atoms with Crippen LogP contribution in [-0.4, -0.2) is 17.2 Å². The van der Waals surface area contributed by atoms with E-state index in [1.807, 2.05) is 54.6 Å². The van der Waals surface area contributed by atoms with E-state index in [0.717, 1.165) is 16.9 Å². The number of carbonyl (C=O) groups excluding carboxylic acids is 1. The summed E-state index contributed by atoms with van der Waals surface area (Å²) < 4.78 is 5.69. The molecule has 3 aromatic rings. The number of phenolic OH excluding ortho intramolecular Hbond substituents is 1. The zero-order chi connectivity index (χ0) is 19.1. The molecule has 6 heteroatoms. The summed E-state index contributed by atoms with van der Waals surface area (Å²) in [5.74, 6) is 0.328. The lowest BCUT2D eigenvalue weighted by Gasteiger charge is -2.06. The van der Waals surface area contributed by atoms with Gasteiger partial charge in [-0.15, -0.1) is 0 Å². The molecule has 3 rings (SSSR count). The molecule has 0 aliphatic rings. The van der Waals surface area contributed by atoms with E-state index in [1.165, 1.54) is 18.2 Å². The van der Waals surface area contributed by atoms with Crippen molar-refractivity contribution in [3.05, 3.63) is 94.5 Å². The molecule has 0 bridgehead atoms. The summed E-state index contributed by atoms with van der Waals surface area (Å²) in [5.41, 5.74) is 4.59. The molecule has 0 radical (unpaired) electrons. The molecule has 0 fully saturated rings. The van der Waals surface area contributed by atoms with Crippen molar-refractivity contribution in [2.75, 3.05) is 0 Å². The van der Waals surface area contributed by atoms with Crippen LogP contribution in [0.3, 0.4) is 0 Å². The fraction of sp³-hybridized carbons (Fsp3) is 0.0476. The molecule has 0 saturated heterocycles. The van der Waals surface area contributed by atoms with E-state index in [-0.39, 0.29) is 10.8 Å². The highest BCUT2D eigenvalue weighted by Crippen LogP contribution is 2.23. The minimum Gasteiger partial charge on any atom is -0.506 e. The number of phenols is 1. The zero-order valence-electron chi connectivity index (χ0n) is 14.3. The second kappa shape index (κ2) is 8.87. The van der Waals surface area contributed by atoms with Gasteiger partial charge in [0.15, 0.2) is 0 Å². The maximum Gasteiger partial charge on any atom is 0.271 e. The largest absolute Gasteiger partial charge is 0.506 e. The molecule has 3 aromatic carbocycles. The van der Waals surface area contributed by atoms with Gasteiger partial charge in [0.25, 0.3) is 5.91 Å². The Bertz CT molecular complexity index is 941. The molecule has 0 spiro atoms. The maximum absolute atomic E-state index is 12.0. The molecular formula is C21H17ClN2O3. The fourth-order valence-corrected chi connectivity index (χ4v) is 2.44. The molecule has 0 heterocycles. The lowest BCUT2D eigenvalue weighted by atomic mass is 10.1. The molecule has 0 saturated carbocycles. The number of nitrogens with one attached hydrogen (secondary N) is 1. The Morgan fingerprint density at radius 3 is 2.52 bits per heavy atom. The second-order valence-corrected chi connectivity index (χ2v) is 6.12. The number of aromatic hydroxyl groups is 1. The average molecular weight is 381 g/mol. The molecule has 5 nitrogen and oxygen atoms in total. The predicted molar refractivity (Wildman–Crippen MR) is 105 cm³/mol. The van der Waals surface area contributed by atoms with E-state index in [1.54, 1.807) is 6.21 Å². The average Bonchev–Trinajstić information content (AvgIpc) is 2.70. The van der Waals surface area contributed by atoms with E-state index in [9.17, 15) is 9.90 Å². The maximum atomic E-state index is 12.0. The van der Waals surface area contributed by atoms with Crippen LogP contribution in [0.1, 0.15) is 21.5 Å². The summed E-state index contributed by atoms with van der Waals surface area (Å²) in [4.78, 5) is 12.0. The monoisotopic (exact) mass is 380 g/mol. The third-order valence-corrected chi connectivity index (χ3v) is 4.02. The molecule has 0 aliphatic heterocycles. The first kappa shape index (κ1) is 18.5. The van der Waals surface area contributed by atoms with Crippen molar-refractivity contribution in [3.8, 4) is 11.5 Å². The van der Waals surface area contributed by atoms with Gasteiger partial charge >= 0.3 is 0 Å². The van der Waals surface area contributed by atoms with Crippen molar-refractivity contribution in [3.63, 3.8) is 0 Å². The number of para-hydroxylation sites is 1. The van der Waals surface area contributed by atoms with Gasteiger partial charge in [0.2, 0.25) is 0 Å². The smallest absolute Gasteiger partial charge is 0.271 e. The standard InChI is InChI=1S/C21H17ClN2O3/c22-19-12-17(10-11-20(19)25)21(26)24-23-13-15-6-8-16(9-7-15)14-27-18-4-2-1-3-5-18/h1-13,25H,14H2,(H,24,26)/b23-13+. The van der Waals surface area contributed by atoms with Gasteiger partial charge in [-0.1, -0.05) is 54.1 Å². The number of nitrogens with zero attached hydrogens (tertiary/aromatic N) is 1. The van der Waals surface area contributed by atoms with Crippen LogP contribution in [0.25, 0.3) is 0 Å². The number of hydrogen-bond acceptors (Lipinski definition) is 4. The lowest BCUT2D eigenvalue weighted by molar-refractivity contribution is 0.0955. The molecular weight excluding hydrogens is 364 g/mol. The minimum absolute atomic E-state index is 0.0759. The van der Waals surface area contributed by atoms with E-state index in [2.05, 4.69) is 10.5 Å². The quantitative estimate of drug-likeness (QED) is 0.492. The SMILES string of the molecule is O=C(N/N=C/c1ccc(COc2ccccc2)cc1)c1ccc(O)c(Cl)c1. The number of rotatable bonds is 6. The van der Waals surface area contributed by atoms with Gasteiger partial charge in [-0.05, 0) is 41.5 Å². The number of amides is 1. The number of hydrazone groups is 1. The summed E-state index contributed by atoms with van der Waals surface area (Å²) in [6, 6.07) is 21.5. The second-order valence-electron chi connectivity index (χ2n) is 5.71. The number of ether oxygens (including phenoxy) is 1. The summed E-state index contributed by atoms with van der Waals surface area (Å²) in [5, 5.41) is 13.4.